The Bertz CT molecular complexity index is 742. The third kappa shape index (κ3) is 3.49. The van der Waals surface area contributed by atoms with Crippen LogP contribution in [0.15, 0.2) is 24.3 Å². The zero-order valence-corrected chi connectivity index (χ0v) is 13.2. The molecule has 1 aromatic carbocycles. The van der Waals surface area contributed by atoms with Gasteiger partial charge in [-0.05, 0) is 12.1 Å². The summed E-state index contributed by atoms with van der Waals surface area (Å²) in [6.07, 6.45) is 1.38. The number of thiocarbonyl (C=S) groups is 1. The van der Waals surface area contributed by atoms with Gasteiger partial charge in [0, 0.05) is 29.8 Å². The standard InChI is InChI=1S/C15H13F2N3O3S/c16-8-15(9-17)7-12(14(24)19-5-1-4-18)11-6-10(20(21)22)2-3-13(11)23-15/h2-3,6-7H,1,5,8-9H2,(H,19,24). The third-order valence-electron chi connectivity index (χ3n) is 3.40. The molecule has 0 fully saturated rings. The molecule has 0 saturated heterocycles. The molecule has 2 rings (SSSR count). The van der Waals surface area contributed by atoms with E-state index in [0.29, 0.717) is 0 Å². The van der Waals surface area contributed by atoms with Crippen LogP contribution in [0, 0.1) is 21.4 Å². The van der Waals surface area contributed by atoms with Gasteiger partial charge in [0.05, 0.1) is 17.4 Å². The molecule has 0 saturated carbocycles. The van der Waals surface area contributed by atoms with Crippen LogP contribution in [0.5, 0.6) is 5.75 Å². The highest BCUT2D eigenvalue weighted by molar-refractivity contribution is 7.81. The van der Waals surface area contributed by atoms with Crippen molar-refractivity contribution in [1.82, 2.24) is 5.32 Å². The van der Waals surface area contributed by atoms with Crippen LogP contribution in [-0.4, -0.2) is 35.4 Å². The predicted octanol–water partition coefficient (Wildman–Crippen LogP) is 2.88. The van der Waals surface area contributed by atoms with Gasteiger partial charge in [-0.3, -0.25) is 10.1 Å². The van der Waals surface area contributed by atoms with E-state index in [-0.39, 0.29) is 40.5 Å². The van der Waals surface area contributed by atoms with E-state index in [0.717, 1.165) is 0 Å². The molecule has 1 aromatic rings. The number of nitro benzene ring substituents is 1. The molecule has 0 aromatic heterocycles. The minimum Gasteiger partial charge on any atom is -0.477 e. The lowest BCUT2D eigenvalue weighted by atomic mass is 9.93. The summed E-state index contributed by atoms with van der Waals surface area (Å²) in [6, 6.07) is 5.65. The van der Waals surface area contributed by atoms with Crippen LogP contribution in [0.4, 0.5) is 14.5 Å². The SMILES string of the molecule is N#CCCNC(=S)C1=CC(CF)(CF)Oc2ccc([N+](=O)[O-])cc21. The summed E-state index contributed by atoms with van der Waals surface area (Å²) in [4.78, 5) is 10.5. The van der Waals surface area contributed by atoms with Crippen molar-refractivity contribution in [2.75, 3.05) is 19.9 Å². The molecule has 0 amide bonds. The van der Waals surface area contributed by atoms with Gasteiger partial charge in [-0.2, -0.15) is 5.26 Å². The first kappa shape index (κ1) is 17.7. The van der Waals surface area contributed by atoms with E-state index < -0.39 is 23.9 Å². The Kier molecular flexibility index (Phi) is 5.41. The zero-order chi connectivity index (χ0) is 17.7. The summed E-state index contributed by atoms with van der Waals surface area (Å²) in [6.45, 7) is -2.00. The number of halogens is 2. The normalized spacial score (nSPS) is 14.6. The number of benzene rings is 1. The number of nitrogens with zero attached hydrogens (tertiary/aromatic N) is 2. The molecule has 6 nitrogen and oxygen atoms in total. The largest absolute Gasteiger partial charge is 0.477 e. The number of alkyl halides is 2. The van der Waals surface area contributed by atoms with E-state index in [9.17, 15) is 18.9 Å². The second-order valence-electron chi connectivity index (χ2n) is 5.09. The number of nitriles is 1. The third-order valence-corrected chi connectivity index (χ3v) is 3.77. The van der Waals surface area contributed by atoms with Crippen LogP contribution in [0.1, 0.15) is 12.0 Å². The van der Waals surface area contributed by atoms with Crippen molar-refractivity contribution < 1.29 is 18.4 Å². The second-order valence-corrected chi connectivity index (χ2v) is 5.50. The molecular formula is C15H13F2N3O3S. The van der Waals surface area contributed by atoms with Crippen LogP contribution in [0.2, 0.25) is 0 Å². The molecule has 1 aliphatic heterocycles. The van der Waals surface area contributed by atoms with E-state index in [1.54, 1.807) is 0 Å². The molecule has 0 atom stereocenters. The lowest BCUT2D eigenvalue weighted by Crippen LogP contribution is -2.42. The van der Waals surface area contributed by atoms with E-state index in [1.165, 1.54) is 24.3 Å². The molecule has 1 aliphatic rings. The van der Waals surface area contributed by atoms with Gasteiger partial charge in [-0.15, -0.1) is 0 Å². The smallest absolute Gasteiger partial charge is 0.270 e. The van der Waals surface area contributed by atoms with Crippen molar-refractivity contribution >= 4 is 28.5 Å². The minimum atomic E-state index is -1.82. The first-order chi connectivity index (χ1) is 11.5. The van der Waals surface area contributed by atoms with Gasteiger partial charge in [0.25, 0.3) is 5.69 Å². The molecule has 0 radical (unpaired) electrons. The number of nitro groups is 1. The molecule has 0 spiro atoms. The topological polar surface area (TPSA) is 88.2 Å². The summed E-state index contributed by atoms with van der Waals surface area (Å²) >= 11 is 5.21. The van der Waals surface area contributed by atoms with Crippen LogP contribution >= 0.6 is 12.2 Å². The van der Waals surface area contributed by atoms with Crippen LogP contribution in [-0.2, 0) is 0 Å². The van der Waals surface area contributed by atoms with Gasteiger partial charge in [0.15, 0.2) is 5.60 Å². The molecule has 0 unspecified atom stereocenters. The Hall–Kier alpha value is -2.60. The fourth-order valence-corrected chi connectivity index (χ4v) is 2.47. The van der Waals surface area contributed by atoms with Crippen LogP contribution < -0.4 is 10.1 Å². The van der Waals surface area contributed by atoms with Crippen molar-refractivity contribution in [2.24, 2.45) is 0 Å². The molecule has 126 valence electrons. The van der Waals surface area contributed by atoms with Crippen molar-refractivity contribution in [3.63, 3.8) is 0 Å². The lowest BCUT2D eigenvalue weighted by Gasteiger charge is -2.33. The quantitative estimate of drug-likeness (QED) is 0.366. The van der Waals surface area contributed by atoms with Crippen LogP contribution in [0.25, 0.3) is 5.57 Å². The molecule has 1 heterocycles. The highest BCUT2D eigenvalue weighted by Crippen LogP contribution is 2.39. The van der Waals surface area contributed by atoms with E-state index >= 15 is 0 Å². The van der Waals surface area contributed by atoms with Crippen molar-refractivity contribution in [1.29, 1.82) is 5.26 Å². The molecule has 24 heavy (non-hydrogen) atoms. The monoisotopic (exact) mass is 353 g/mol. The van der Waals surface area contributed by atoms with Crippen LogP contribution in [0.3, 0.4) is 0 Å². The lowest BCUT2D eigenvalue weighted by molar-refractivity contribution is -0.384. The number of fused-ring (bicyclic) bond motifs is 1. The Morgan fingerprint density at radius 1 is 1.46 bits per heavy atom. The van der Waals surface area contributed by atoms with E-state index in [4.69, 9.17) is 22.2 Å². The van der Waals surface area contributed by atoms with Gasteiger partial charge in [-0.25, -0.2) is 8.78 Å². The Balaban J connectivity index is 2.48. The molecule has 0 bridgehead atoms. The van der Waals surface area contributed by atoms with Crippen molar-refractivity contribution in [2.45, 2.75) is 12.0 Å². The summed E-state index contributed by atoms with van der Waals surface area (Å²) in [5, 5.41) is 22.3. The molecule has 0 aliphatic carbocycles. The second kappa shape index (κ2) is 7.31. The highest BCUT2D eigenvalue weighted by Gasteiger charge is 2.37. The molecule has 1 N–H and O–H groups in total. The maximum absolute atomic E-state index is 13.4. The number of hydrogen-bond donors (Lipinski definition) is 1. The zero-order valence-electron chi connectivity index (χ0n) is 12.4. The van der Waals surface area contributed by atoms with Gasteiger partial charge < -0.3 is 10.1 Å². The summed E-state index contributed by atoms with van der Waals surface area (Å²) in [7, 11) is 0. The summed E-state index contributed by atoms with van der Waals surface area (Å²) < 4.78 is 32.1. The summed E-state index contributed by atoms with van der Waals surface area (Å²) in [5.41, 5.74) is -1.50. The fourth-order valence-electron chi connectivity index (χ4n) is 2.20. The first-order valence-electron chi connectivity index (χ1n) is 6.94. The molecule has 9 heteroatoms. The van der Waals surface area contributed by atoms with Gasteiger partial charge in [0.2, 0.25) is 0 Å². The van der Waals surface area contributed by atoms with Gasteiger partial charge >= 0.3 is 0 Å². The maximum atomic E-state index is 13.4. The Labute approximate surface area is 141 Å². The van der Waals surface area contributed by atoms with E-state index in [2.05, 4.69) is 5.32 Å². The number of non-ortho nitro benzene ring substituents is 1. The van der Waals surface area contributed by atoms with E-state index in [1.807, 2.05) is 6.07 Å². The predicted molar refractivity (Wildman–Crippen MR) is 87.2 cm³/mol. The average Bonchev–Trinajstić information content (AvgIpc) is 2.60. The fraction of sp³-hybridized carbons (Fsp3) is 0.333. The maximum Gasteiger partial charge on any atom is 0.270 e. The van der Waals surface area contributed by atoms with Crippen molar-refractivity contribution in [3.8, 4) is 11.8 Å². The van der Waals surface area contributed by atoms with Gasteiger partial charge in [0.1, 0.15) is 24.1 Å². The minimum absolute atomic E-state index is 0.109. The average molecular weight is 353 g/mol. The Morgan fingerprint density at radius 3 is 2.75 bits per heavy atom. The van der Waals surface area contributed by atoms with Gasteiger partial charge in [-0.1, -0.05) is 12.2 Å². The highest BCUT2D eigenvalue weighted by atomic mass is 32.1. The number of nitrogens with one attached hydrogen (secondary N) is 1. The summed E-state index contributed by atoms with van der Waals surface area (Å²) in [5.74, 6) is 0.109. The number of hydrogen-bond acceptors (Lipinski definition) is 5. The molecular weight excluding hydrogens is 340 g/mol. The van der Waals surface area contributed by atoms with Crippen molar-refractivity contribution in [3.05, 3.63) is 40.0 Å². The Morgan fingerprint density at radius 2 is 2.17 bits per heavy atom. The number of rotatable bonds is 6. The number of ether oxygens (including phenoxy) is 1. The first-order valence-corrected chi connectivity index (χ1v) is 7.35.